The quantitative estimate of drug-likeness (QED) is 0.903. The summed E-state index contributed by atoms with van der Waals surface area (Å²) in [4.78, 5) is 14.4. The van der Waals surface area contributed by atoms with E-state index in [4.69, 9.17) is 4.74 Å². The first-order valence-electron chi connectivity index (χ1n) is 7.81. The van der Waals surface area contributed by atoms with E-state index in [1.54, 1.807) is 7.11 Å². The van der Waals surface area contributed by atoms with Gasteiger partial charge in [-0.1, -0.05) is 25.1 Å². The molecule has 4 nitrogen and oxygen atoms in total. The Morgan fingerprint density at radius 1 is 1.33 bits per heavy atom. The molecule has 0 spiro atoms. The maximum Gasteiger partial charge on any atom is 0.222 e. The van der Waals surface area contributed by atoms with Crippen molar-refractivity contribution < 1.29 is 9.53 Å². The molecule has 0 saturated carbocycles. The molecule has 0 radical (unpaired) electrons. The van der Waals surface area contributed by atoms with Gasteiger partial charge in [0.05, 0.1) is 7.11 Å². The van der Waals surface area contributed by atoms with Gasteiger partial charge >= 0.3 is 0 Å². The summed E-state index contributed by atoms with van der Waals surface area (Å²) in [5.74, 6) is 1.52. The second kappa shape index (κ2) is 8.03. The molecule has 21 heavy (non-hydrogen) atoms. The Balaban J connectivity index is 1.88. The highest BCUT2D eigenvalue weighted by molar-refractivity contribution is 5.76. The van der Waals surface area contributed by atoms with Crippen LogP contribution in [0.2, 0.25) is 0 Å². The fraction of sp³-hybridized carbons (Fsp3) is 0.588. The molecule has 116 valence electrons. The Kier molecular flexibility index (Phi) is 6.05. The van der Waals surface area contributed by atoms with Crippen LogP contribution in [0.15, 0.2) is 24.3 Å². The van der Waals surface area contributed by atoms with Crippen molar-refractivity contribution in [1.82, 2.24) is 10.2 Å². The van der Waals surface area contributed by atoms with Crippen molar-refractivity contribution in [2.45, 2.75) is 26.2 Å². The number of hydrogen-bond donors (Lipinski definition) is 1. The zero-order valence-electron chi connectivity index (χ0n) is 13.1. The molecule has 1 heterocycles. The smallest absolute Gasteiger partial charge is 0.222 e. The van der Waals surface area contributed by atoms with Crippen molar-refractivity contribution in [3.63, 3.8) is 0 Å². The molecule has 1 aromatic rings. The number of ether oxygens (including phenoxy) is 1. The van der Waals surface area contributed by atoms with Crippen LogP contribution in [-0.2, 0) is 11.2 Å². The molecule has 0 bridgehead atoms. The number of methoxy groups -OCH3 is 1. The Bertz CT molecular complexity index is 454. The predicted molar refractivity (Wildman–Crippen MR) is 84.5 cm³/mol. The highest BCUT2D eigenvalue weighted by Crippen LogP contribution is 2.22. The minimum Gasteiger partial charge on any atom is -0.496 e. The maximum absolute atomic E-state index is 12.4. The lowest BCUT2D eigenvalue weighted by molar-refractivity contribution is -0.131. The van der Waals surface area contributed by atoms with Crippen molar-refractivity contribution in [3.8, 4) is 5.75 Å². The number of amides is 1. The molecule has 1 amide bonds. The van der Waals surface area contributed by atoms with E-state index in [2.05, 4.69) is 18.3 Å². The van der Waals surface area contributed by atoms with E-state index in [1.165, 1.54) is 5.56 Å². The first kappa shape index (κ1) is 15.8. The summed E-state index contributed by atoms with van der Waals surface area (Å²) in [5.41, 5.74) is 1.18. The largest absolute Gasteiger partial charge is 0.496 e. The number of hydrogen-bond acceptors (Lipinski definition) is 3. The van der Waals surface area contributed by atoms with E-state index in [-0.39, 0.29) is 5.91 Å². The Labute approximate surface area is 127 Å². The predicted octanol–water partition coefficient (Wildman–Crippen LogP) is 2.09. The maximum atomic E-state index is 12.4. The Hall–Kier alpha value is -1.55. The summed E-state index contributed by atoms with van der Waals surface area (Å²) < 4.78 is 5.38. The number of carbonyl (C=O) groups is 1. The second-order valence-electron chi connectivity index (χ2n) is 5.81. The van der Waals surface area contributed by atoms with E-state index in [0.29, 0.717) is 12.3 Å². The van der Waals surface area contributed by atoms with Crippen LogP contribution in [0.5, 0.6) is 5.75 Å². The normalized spacial score (nSPS) is 17.1. The van der Waals surface area contributed by atoms with Crippen LogP contribution >= 0.6 is 0 Å². The monoisotopic (exact) mass is 290 g/mol. The van der Waals surface area contributed by atoms with Gasteiger partial charge in [0.25, 0.3) is 0 Å². The fourth-order valence-electron chi connectivity index (χ4n) is 2.84. The van der Waals surface area contributed by atoms with Crippen LogP contribution in [0.1, 0.15) is 25.3 Å². The molecule has 1 atom stereocenters. The first-order chi connectivity index (χ1) is 10.2. The van der Waals surface area contributed by atoms with E-state index in [1.807, 2.05) is 23.1 Å². The fourth-order valence-corrected chi connectivity index (χ4v) is 2.84. The molecule has 2 rings (SSSR count). The van der Waals surface area contributed by atoms with E-state index in [0.717, 1.165) is 44.8 Å². The van der Waals surface area contributed by atoms with Crippen LogP contribution in [0.3, 0.4) is 0 Å². The lowest BCUT2D eigenvalue weighted by Gasteiger charge is -2.22. The number of nitrogens with zero attached hydrogens (tertiary/aromatic N) is 1. The topological polar surface area (TPSA) is 41.6 Å². The minimum absolute atomic E-state index is 0.279. The van der Waals surface area contributed by atoms with Crippen LogP contribution in [-0.4, -0.2) is 44.1 Å². The molecule has 1 unspecified atom stereocenters. The minimum atomic E-state index is 0.279. The van der Waals surface area contributed by atoms with Gasteiger partial charge in [0.15, 0.2) is 0 Å². The molecule has 4 heteroatoms. The van der Waals surface area contributed by atoms with Gasteiger partial charge in [0.2, 0.25) is 5.91 Å². The molecule has 1 aliphatic rings. The molecular weight excluding hydrogens is 264 g/mol. The zero-order valence-corrected chi connectivity index (χ0v) is 13.1. The standard InChI is InChI=1S/C17H26N2O2/c1-14(12-15-6-3-4-7-16(15)21-2)13-17(20)19-10-5-8-18-9-11-19/h3-4,6-7,14,18H,5,8-13H2,1-2H3. The van der Waals surface area contributed by atoms with Crippen LogP contribution in [0.25, 0.3) is 0 Å². The van der Waals surface area contributed by atoms with Gasteiger partial charge in [-0.15, -0.1) is 0 Å². The van der Waals surface area contributed by atoms with Crippen LogP contribution < -0.4 is 10.1 Å². The Morgan fingerprint density at radius 2 is 2.14 bits per heavy atom. The number of benzene rings is 1. The van der Waals surface area contributed by atoms with E-state index >= 15 is 0 Å². The zero-order chi connectivity index (χ0) is 15.1. The molecule has 0 aromatic heterocycles. The van der Waals surface area contributed by atoms with Gasteiger partial charge in [0.1, 0.15) is 5.75 Å². The SMILES string of the molecule is COc1ccccc1CC(C)CC(=O)N1CCCNCC1. The van der Waals surface area contributed by atoms with Crippen LogP contribution in [0.4, 0.5) is 0 Å². The summed E-state index contributed by atoms with van der Waals surface area (Å²) in [6, 6.07) is 8.05. The van der Waals surface area contributed by atoms with Gasteiger partial charge in [-0.3, -0.25) is 4.79 Å². The van der Waals surface area contributed by atoms with Crippen molar-refractivity contribution >= 4 is 5.91 Å². The second-order valence-corrected chi connectivity index (χ2v) is 5.81. The number of nitrogens with one attached hydrogen (secondary N) is 1. The van der Waals surface area contributed by atoms with Crippen molar-refractivity contribution in [2.24, 2.45) is 5.92 Å². The lowest BCUT2D eigenvalue weighted by atomic mass is 9.97. The highest BCUT2D eigenvalue weighted by atomic mass is 16.5. The van der Waals surface area contributed by atoms with Gasteiger partial charge in [-0.05, 0) is 36.9 Å². The summed E-state index contributed by atoms with van der Waals surface area (Å²) >= 11 is 0. The van der Waals surface area contributed by atoms with Gasteiger partial charge in [-0.25, -0.2) is 0 Å². The van der Waals surface area contributed by atoms with Gasteiger partial charge < -0.3 is 15.0 Å². The molecule has 0 aliphatic carbocycles. The van der Waals surface area contributed by atoms with Crippen molar-refractivity contribution in [2.75, 3.05) is 33.3 Å². The molecule has 1 aliphatic heterocycles. The molecule has 1 N–H and O–H groups in total. The molecule has 1 fully saturated rings. The van der Waals surface area contributed by atoms with E-state index < -0.39 is 0 Å². The molecular formula is C17H26N2O2. The summed E-state index contributed by atoms with van der Waals surface area (Å²) in [6.07, 6.45) is 2.53. The third-order valence-corrected chi connectivity index (χ3v) is 3.98. The third-order valence-electron chi connectivity index (χ3n) is 3.98. The van der Waals surface area contributed by atoms with Crippen molar-refractivity contribution in [1.29, 1.82) is 0 Å². The lowest BCUT2D eigenvalue weighted by Crippen LogP contribution is -2.35. The molecule has 1 saturated heterocycles. The van der Waals surface area contributed by atoms with Crippen molar-refractivity contribution in [3.05, 3.63) is 29.8 Å². The highest BCUT2D eigenvalue weighted by Gasteiger charge is 2.18. The third kappa shape index (κ3) is 4.74. The first-order valence-corrected chi connectivity index (χ1v) is 7.81. The number of carbonyl (C=O) groups excluding carboxylic acids is 1. The Morgan fingerprint density at radius 3 is 2.95 bits per heavy atom. The number of rotatable bonds is 5. The van der Waals surface area contributed by atoms with Gasteiger partial charge in [0, 0.05) is 26.1 Å². The van der Waals surface area contributed by atoms with Crippen LogP contribution in [0, 0.1) is 5.92 Å². The summed E-state index contributed by atoms with van der Waals surface area (Å²) in [6.45, 7) is 5.78. The summed E-state index contributed by atoms with van der Waals surface area (Å²) in [5, 5.41) is 3.33. The average molecular weight is 290 g/mol. The number of para-hydroxylation sites is 1. The van der Waals surface area contributed by atoms with E-state index in [9.17, 15) is 4.79 Å². The average Bonchev–Trinajstić information content (AvgIpc) is 2.76. The summed E-state index contributed by atoms with van der Waals surface area (Å²) in [7, 11) is 1.69. The molecule has 1 aromatic carbocycles. The van der Waals surface area contributed by atoms with Gasteiger partial charge in [-0.2, -0.15) is 0 Å².